The molecule has 8 nitrogen and oxygen atoms in total. The Kier molecular flexibility index (Phi) is 9.27. The SMILES string of the molecule is CC(C(=O)NC(C)(C)C)N(Cc1ccc(Cl)cc1)C(=O)CN(c1ccccc1F)S(=O)(=O)N(C)C. The van der Waals surface area contributed by atoms with Gasteiger partial charge in [0.1, 0.15) is 18.4 Å². The third kappa shape index (κ3) is 7.65. The van der Waals surface area contributed by atoms with Gasteiger partial charge in [-0.1, -0.05) is 35.9 Å². The average molecular weight is 527 g/mol. The Morgan fingerprint density at radius 1 is 1.06 bits per heavy atom. The monoisotopic (exact) mass is 526 g/mol. The number of carbonyl (C=O) groups excluding carboxylic acids is 2. The molecule has 0 aliphatic rings. The predicted molar refractivity (Wildman–Crippen MR) is 136 cm³/mol. The molecule has 0 aromatic heterocycles. The minimum absolute atomic E-state index is 0.0157. The number of nitrogens with zero attached hydrogens (tertiary/aromatic N) is 3. The standard InChI is InChI=1S/C24H32ClFN4O4S/c1-17(23(32)27-24(2,3)4)29(15-18-11-13-19(25)14-12-18)22(31)16-30(35(33,34)28(5)6)21-10-8-7-9-20(21)26/h7-14,17H,15-16H2,1-6H3,(H,27,32). The van der Waals surface area contributed by atoms with E-state index in [1.807, 2.05) is 20.8 Å². The number of carbonyl (C=O) groups is 2. The number of hydrogen-bond donors (Lipinski definition) is 1. The topological polar surface area (TPSA) is 90.0 Å². The van der Waals surface area contributed by atoms with Crippen molar-refractivity contribution < 1.29 is 22.4 Å². The van der Waals surface area contributed by atoms with Crippen molar-refractivity contribution in [2.24, 2.45) is 0 Å². The molecule has 35 heavy (non-hydrogen) atoms. The Bertz CT molecular complexity index is 1150. The lowest BCUT2D eigenvalue weighted by Crippen LogP contribution is -2.55. The number of amides is 2. The van der Waals surface area contributed by atoms with Crippen LogP contribution in [0, 0.1) is 5.82 Å². The van der Waals surface area contributed by atoms with E-state index in [2.05, 4.69) is 5.32 Å². The molecule has 1 atom stereocenters. The molecule has 11 heteroatoms. The molecule has 1 N–H and O–H groups in total. The molecular formula is C24H32ClFN4O4S. The zero-order valence-electron chi connectivity index (χ0n) is 20.7. The number of hydrogen-bond acceptors (Lipinski definition) is 4. The summed E-state index contributed by atoms with van der Waals surface area (Å²) in [5.41, 5.74) is -0.132. The molecule has 0 fully saturated rings. The lowest BCUT2D eigenvalue weighted by Gasteiger charge is -2.34. The normalized spacial score (nSPS) is 12.8. The largest absolute Gasteiger partial charge is 0.350 e. The summed E-state index contributed by atoms with van der Waals surface area (Å²) in [7, 11) is -1.65. The van der Waals surface area contributed by atoms with Crippen LogP contribution in [-0.2, 0) is 26.3 Å². The van der Waals surface area contributed by atoms with E-state index >= 15 is 0 Å². The van der Waals surface area contributed by atoms with Gasteiger partial charge in [0, 0.05) is 31.2 Å². The number of halogens is 2. The van der Waals surface area contributed by atoms with Gasteiger partial charge in [-0.05, 0) is 57.5 Å². The Morgan fingerprint density at radius 3 is 2.14 bits per heavy atom. The molecule has 0 bridgehead atoms. The summed E-state index contributed by atoms with van der Waals surface area (Å²) in [6, 6.07) is 11.1. The maximum Gasteiger partial charge on any atom is 0.304 e. The number of rotatable bonds is 9. The fourth-order valence-electron chi connectivity index (χ4n) is 3.20. The molecule has 0 spiro atoms. The van der Waals surface area contributed by atoms with Gasteiger partial charge < -0.3 is 10.2 Å². The molecule has 0 saturated heterocycles. The molecule has 2 rings (SSSR count). The second-order valence-electron chi connectivity index (χ2n) is 9.31. The minimum atomic E-state index is -4.24. The van der Waals surface area contributed by atoms with Crippen LogP contribution in [0.4, 0.5) is 10.1 Å². The van der Waals surface area contributed by atoms with E-state index < -0.39 is 46.0 Å². The van der Waals surface area contributed by atoms with Crippen molar-refractivity contribution in [3.8, 4) is 0 Å². The molecule has 0 aliphatic heterocycles. The lowest BCUT2D eigenvalue weighted by atomic mass is 10.1. The summed E-state index contributed by atoms with van der Waals surface area (Å²) in [4.78, 5) is 27.8. The number of benzene rings is 2. The van der Waals surface area contributed by atoms with Crippen LogP contribution in [-0.4, -0.2) is 61.7 Å². The van der Waals surface area contributed by atoms with Gasteiger partial charge in [0.2, 0.25) is 11.8 Å². The van der Waals surface area contributed by atoms with Crippen molar-refractivity contribution >= 4 is 39.3 Å². The Labute approximate surface area is 211 Å². The van der Waals surface area contributed by atoms with E-state index in [4.69, 9.17) is 11.6 Å². The summed E-state index contributed by atoms with van der Waals surface area (Å²) in [5, 5.41) is 3.35. The van der Waals surface area contributed by atoms with E-state index in [1.54, 1.807) is 31.2 Å². The minimum Gasteiger partial charge on any atom is -0.350 e. The molecule has 0 saturated carbocycles. The molecule has 192 valence electrons. The van der Waals surface area contributed by atoms with Gasteiger partial charge >= 0.3 is 10.2 Å². The highest BCUT2D eigenvalue weighted by atomic mass is 35.5. The third-order valence-electron chi connectivity index (χ3n) is 5.07. The van der Waals surface area contributed by atoms with Crippen molar-refractivity contribution in [1.29, 1.82) is 0 Å². The Hall–Kier alpha value is -2.69. The van der Waals surface area contributed by atoms with Gasteiger partial charge in [0.15, 0.2) is 0 Å². The van der Waals surface area contributed by atoms with Crippen LogP contribution in [0.1, 0.15) is 33.3 Å². The molecular weight excluding hydrogens is 495 g/mol. The first-order valence-corrected chi connectivity index (χ1v) is 12.7. The van der Waals surface area contributed by atoms with Gasteiger partial charge in [0.25, 0.3) is 0 Å². The molecule has 2 amide bonds. The van der Waals surface area contributed by atoms with Crippen molar-refractivity contribution in [2.45, 2.75) is 45.8 Å². The van der Waals surface area contributed by atoms with E-state index in [1.165, 1.54) is 37.2 Å². The van der Waals surface area contributed by atoms with Crippen LogP contribution < -0.4 is 9.62 Å². The number of para-hydroxylation sites is 1. The predicted octanol–water partition coefficient (Wildman–Crippen LogP) is 3.42. The third-order valence-corrected chi connectivity index (χ3v) is 7.13. The first-order chi connectivity index (χ1) is 16.1. The lowest BCUT2D eigenvalue weighted by molar-refractivity contribution is -0.140. The first kappa shape index (κ1) is 28.5. The second kappa shape index (κ2) is 11.4. The van der Waals surface area contributed by atoms with Gasteiger partial charge in [-0.2, -0.15) is 12.7 Å². The number of anilines is 1. The van der Waals surface area contributed by atoms with Crippen molar-refractivity contribution in [2.75, 3.05) is 24.9 Å². The van der Waals surface area contributed by atoms with Crippen LogP contribution in [0.25, 0.3) is 0 Å². The van der Waals surface area contributed by atoms with Gasteiger partial charge in [-0.15, -0.1) is 0 Å². The molecule has 2 aromatic rings. The Balaban J connectivity index is 2.48. The fourth-order valence-corrected chi connectivity index (χ4v) is 4.39. The summed E-state index contributed by atoms with van der Waals surface area (Å²) in [6.07, 6.45) is 0. The molecule has 0 radical (unpaired) electrons. The fraction of sp³-hybridized carbons (Fsp3) is 0.417. The highest BCUT2D eigenvalue weighted by Crippen LogP contribution is 2.24. The zero-order valence-corrected chi connectivity index (χ0v) is 22.3. The van der Waals surface area contributed by atoms with Gasteiger partial charge in [0.05, 0.1) is 5.69 Å². The van der Waals surface area contributed by atoms with Crippen LogP contribution in [0.2, 0.25) is 5.02 Å². The van der Waals surface area contributed by atoms with E-state index in [-0.39, 0.29) is 12.2 Å². The highest BCUT2D eigenvalue weighted by Gasteiger charge is 2.34. The summed E-state index contributed by atoms with van der Waals surface area (Å²) in [5.74, 6) is -1.88. The quantitative estimate of drug-likeness (QED) is 0.542. The van der Waals surface area contributed by atoms with Crippen molar-refractivity contribution in [1.82, 2.24) is 14.5 Å². The van der Waals surface area contributed by atoms with Crippen LogP contribution in [0.5, 0.6) is 0 Å². The van der Waals surface area contributed by atoms with Crippen molar-refractivity contribution in [3.05, 3.63) is 64.9 Å². The van der Waals surface area contributed by atoms with Gasteiger partial charge in [-0.25, -0.2) is 8.70 Å². The smallest absolute Gasteiger partial charge is 0.304 e. The van der Waals surface area contributed by atoms with Gasteiger partial charge in [-0.3, -0.25) is 9.59 Å². The molecule has 0 heterocycles. The summed E-state index contributed by atoms with van der Waals surface area (Å²) in [6.45, 7) is 6.30. The maximum atomic E-state index is 14.6. The van der Waals surface area contributed by atoms with Crippen LogP contribution in [0.15, 0.2) is 48.5 Å². The highest BCUT2D eigenvalue weighted by molar-refractivity contribution is 7.90. The van der Waals surface area contributed by atoms with Crippen LogP contribution in [0.3, 0.4) is 0 Å². The molecule has 2 aromatic carbocycles. The summed E-state index contributed by atoms with van der Waals surface area (Å²) >= 11 is 5.97. The first-order valence-electron chi connectivity index (χ1n) is 10.9. The molecule has 0 aliphatic carbocycles. The number of nitrogens with one attached hydrogen (secondary N) is 1. The van der Waals surface area contributed by atoms with E-state index in [9.17, 15) is 22.4 Å². The van der Waals surface area contributed by atoms with E-state index in [0.29, 0.717) is 14.9 Å². The van der Waals surface area contributed by atoms with Crippen LogP contribution >= 0.6 is 11.6 Å². The Morgan fingerprint density at radius 2 is 1.63 bits per heavy atom. The zero-order chi connectivity index (χ0) is 26.6. The molecule has 1 unspecified atom stereocenters. The second-order valence-corrected chi connectivity index (χ2v) is 11.8. The summed E-state index contributed by atoms with van der Waals surface area (Å²) < 4.78 is 42.3. The average Bonchev–Trinajstić information content (AvgIpc) is 2.75. The van der Waals surface area contributed by atoms with E-state index in [0.717, 1.165) is 10.4 Å². The van der Waals surface area contributed by atoms with Crippen molar-refractivity contribution in [3.63, 3.8) is 0 Å². The maximum absolute atomic E-state index is 14.6.